The molecule has 1 atom stereocenters. The smallest absolute Gasteiger partial charge is 0.319 e. The first-order valence-corrected chi connectivity index (χ1v) is 13.1. The molecular weight excluding hydrogens is 492 g/mol. The zero-order valence-corrected chi connectivity index (χ0v) is 22.7. The first-order valence-electron chi connectivity index (χ1n) is 12.7. The molecule has 1 saturated carbocycles. The fourth-order valence-electron chi connectivity index (χ4n) is 5.82. The Bertz CT molecular complexity index is 1280. The summed E-state index contributed by atoms with van der Waals surface area (Å²) in [6, 6.07) is 10.00. The van der Waals surface area contributed by atoms with Crippen molar-refractivity contribution in [3.63, 3.8) is 0 Å². The van der Waals surface area contributed by atoms with Gasteiger partial charge in [0, 0.05) is 30.4 Å². The molecule has 8 nitrogen and oxygen atoms in total. The highest BCUT2D eigenvalue weighted by Gasteiger charge is 2.46. The van der Waals surface area contributed by atoms with E-state index in [1.807, 2.05) is 30.3 Å². The highest BCUT2D eigenvalue weighted by Crippen LogP contribution is 2.47. The van der Waals surface area contributed by atoms with Crippen LogP contribution in [0.5, 0.6) is 11.9 Å². The molecule has 1 aliphatic heterocycles. The minimum Gasteiger partial charge on any atom is -0.480 e. The largest absolute Gasteiger partial charge is 0.480 e. The molecule has 0 bridgehead atoms. The maximum atomic E-state index is 14.1. The number of nitrogens with zero attached hydrogens (tertiary/aromatic N) is 4. The topological polar surface area (TPSA) is 78.7 Å². The first kappa shape index (κ1) is 25.5. The summed E-state index contributed by atoms with van der Waals surface area (Å²) in [4.78, 5) is 24.9. The quantitative estimate of drug-likeness (QED) is 0.394. The molecule has 0 spiro atoms. The molecule has 0 radical (unpaired) electrons. The van der Waals surface area contributed by atoms with Gasteiger partial charge in [-0.1, -0.05) is 23.7 Å². The summed E-state index contributed by atoms with van der Waals surface area (Å²) in [5.74, 6) is 0.444. The Morgan fingerprint density at radius 2 is 1.70 bits per heavy atom. The molecule has 2 aliphatic rings. The summed E-state index contributed by atoms with van der Waals surface area (Å²) in [6.07, 6.45) is 5.65. The standard InChI is InChI=1S/C28H33ClN4O4/c1-16(2)32-23(22-15-30-28(37-5)31-26(22)36-4)14-21-25(32)24(17-6-8-18(29)9-7-17)33(27(21)34)19-10-12-20(35-3)13-11-19/h6-9,14-16,19-20,24H,10-13H2,1-5H3. The highest BCUT2D eigenvalue weighted by atomic mass is 35.5. The molecule has 1 unspecified atom stereocenters. The predicted molar refractivity (Wildman–Crippen MR) is 141 cm³/mol. The normalized spacial score (nSPS) is 21.4. The fourth-order valence-corrected chi connectivity index (χ4v) is 5.95. The van der Waals surface area contributed by atoms with Crippen LogP contribution in [0.25, 0.3) is 11.3 Å². The van der Waals surface area contributed by atoms with Crippen molar-refractivity contribution < 1.29 is 19.0 Å². The van der Waals surface area contributed by atoms with Gasteiger partial charge in [-0.25, -0.2) is 4.98 Å². The number of carbonyl (C=O) groups excluding carboxylic acids is 1. The van der Waals surface area contributed by atoms with Gasteiger partial charge in [-0.2, -0.15) is 4.98 Å². The molecule has 2 aromatic heterocycles. The van der Waals surface area contributed by atoms with Crippen molar-refractivity contribution in [2.45, 2.75) is 63.8 Å². The van der Waals surface area contributed by atoms with E-state index in [0.717, 1.165) is 42.6 Å². The highest BCUT2D eigenvalue weighted by molar-refractivity contribution is 6.30. The SMILES string of the molecule is COc1ncc(-c2cc3c(n2C(C)C)C(c2ccc(Cl)cc2)N(C2CCC(OC)CC2)C3=O)c(OC)n1. The lowest BCUT2D eigenvalue weighted by atomic mass is 9.90. The van der Waals surface area contributed by atoms with Crippen molar-refractivity contribution >= 4 is 17.5 Å². The number of carbonyl (C=O) groups is 1. The van der Waals surface area contributed by atoms with E-state index >= 15 is 0 Å². The molecular formula is C28H33ClN4O4. The summed E-state index contributed by atoms with van der Waals surface area (Å²) in [6.45, 7) is 4.24. The Kier molecular flexibility index (Phi) is 7.14. The second-order valence-electron chi connectivity index (χ2n) is 9.90. The first-order chi connectivity index (χ1) is 17.9. The number of amides is 1. The number of benzene rings is 1. The molecule has 196 valence electrons. The molecule has 3 aromatic rings. The third-order valence-corrected chi connectivity index (χ3v) is 7.79. The molecule has 0 saturated heterocycles. The van der Waals surface area contributed by atoms with Gasteiger partial charge in [0.2, 0.25) is 5.88 Å². The number of hydrogen-bond acceptors (Lipinski definition) is 6. The molecule has 0 N–H and O–H groups in total. The van der Waals surface area contributed by atoms with E-state index in [2.05, 4.69) is 33.3 Å². The molecule has 3 heterocycles. The number of ether oxygens (including phenoxy) is 3. The minimum atomic E-state index is -0.231. The lowest BCUT2D eigenvalue weighted by Crippen LogP contribution is -2.42. The van der Waals surface area contributed by atoms with Crippen LogP contribution in [-0.2, 0) is 4.74 Å². The van der Waals surface area contributed by atoms with E-state index in [9.17, 15) is 4.79 Å². The van der Waals surface area contributed by atoms with Gasteiger partial charge in [-0.15, -0.1) is 0 Å². The molecule has 1 aromatic carbocycles. The third-order valence-electron chi connectivity index (χ3n) is 7.53. The van der Waals surface area contributed by atoms with Crippen molar-refractivity contribution in [3.8, 4) is 23.1 Å². The molecule has 37 heavy (non-hydrogen) atoms. The van der Waals surface area contributed by atoms with Crippen LogP contribution >= 0.6 is 11.6 Å². The van der Waals surface area contributed by atoms with Gasteiger partial charge >= 0.3 is 6.01 Å². The average Bonchev–Trinajstić information content (AvgIpc) is 3.44. The molecule has 1 fully saturated rings. The third kappa shape index (κ3) is 4.46. The second-order valence-corrected chi connectivity index (χ2v) is 10.3. The van der Waals surface area contributed by atoms with Gasteiger partial charge in [0.05, 0.1) is 48.9 Å². The van der Waals surface area contributed by atoms with E-state index < -0.39 is 0 Å². The Labute approximate surface area is 222 Å². The molecule has 9 heteroatoms. The van der Waals surface area contributed by atoms with E-state index in [0.29, 0.717) is 22.0 Å². The van der Waals surface area contributed by atoms with Gasteiger partial charge in [-0.3, -0.25) is 4.79 Å². The minimum absolute atomic E-state index is 0.0462. The van der Waals surface area contributed by atoms with Crippen molar-refractivity contribution in [1.82, 2.24) is 19.4 Å². The Morgan fingerprint density at radius 1 is 1.00 bits per heavy atom. The summed E-state index contributed by atoms with van der Waals surface area (Å²) in [5.41, 5.74) is 4.27. The van der Waals surface area contributed by atoms with Crippen LogP contribution in [0.15, 0.2) is 36.5 Å². The fraction of sp³-hybridized carbons (Fsp3) is 0.464. The van der Waals surface area contributed by atoms with E-state index in [4.69, 9.17) is 25.8 Å². The molecule has 1 aliphatic carbocycles. The maximum Gasteiger partial charge on any atom is 0.319 e. The summed E-state index contributed by atoms with van der Waals surface area (Å²) in [5, 5.41) is 0.667. The van der Waals surface area contributed by atoms with Crippen LogP contribution in [0.2, 0.25) is 5.02 Å². The Balaban J connectivity index is 1.67. The average molecular weight is 525 g/mol. The second kappa shape index (κ2) is 10.3. The summed E-state index contributed by atoms with van der Waals surface area (Å²) in [7, 11) is 4.86. The Hall–Kier alpha value is -3.10. The van der Waals surface area contributed by atoms with Crippen molar-refractivity contribution in [2.75, 3.05) is 21.3 Å². The van der Waals surface area contributed by atoms with Gasteiger partial charge in [0.15, 0.2) is 0 Å². The van der Waals surface area contributed by atoms with Crippen LogP contribution in [0.4, 0.5) is 0 Å². The predicted octanol–water partition coefficient (Wildman–Crippen LogP) is 5.70. The van der Waals surface area contributed by atoms with Crippen molar-refractivity contribution in [3.05, 3.63) is 58.4 Å². The number of halogens is 1. The van der Waals surface area contributed by atoms with Crippen molar-refractivity contribution in [2.24, 2.45) is 0 Å². The van der Waals surface area contributed by atoms with Crippen LogP contribution in [-0.4, -0.2) is 58.8 Å². The lowest BCUT2D eigenvalue weighted by molar-refractivity contribution is 0.0295. The zero-order chi connectivity index (χ0) is 26.3. The lowest BCUT2D eigenvalue weighted by Gasteiger charge is -2.38. The molecule has 5 rings (SSSR count). The summed E-state index contributed by atoms with van der Waals surface area (Å²) < 4.78 is 18.6. The monoisotopic (exact) mass is 524 g/mol. The molecule has 1 amide bonds. The maximum absolute atomic E-state index is 14.1. The number of fused-ring (bicyclic) bond motifs is 1. The number of methoxy groups -OCH3 is 3. The van der Waals surface area contributed by atoms with Crippen molar-refractivity contribution in [1.29, 1.82) is 0 Å². The van der Waals surface area contributed by atoms with Gasteiger partial charge in [0.1, 0.15) is 0 Å². The van der Waals surface area contributed by atoms with Gasteiger partial charge in [0.25, 0.3) is 5.91 Å². The summed E-state index contributed by atoms with van der Waals surface area (Å²) >= 11 is 6.25. The van der Waals surface area contributed by atoms with Crippen LogP contribution in [0.1, 0.15) is 73.2 Å². The van der Waals surface area contributed by atoms with E-state index in [1.54, 1.807) is 20.4 Å². The number of rotatable bonds is 7. The van der Waals surface area contributed by atoms with E-state index in [1.165, 1.54) is 7.11 Å². The van der Waals surface area contributed by atoms with Crippen LogP contribution in [0, 0.1) is 0 Å². The van der Waals surface area contributed by atoms with Crippen LogP contribution in [0.3, 0.4) is 0 Å². The zero-order valence-electron chi connectivity index (χ0n) is 21.9. The van der Waals surface area contributed by atoms with Gasteiger partial charge < -0.3 is 23.7 Å². The number of hydrogen-bond donors (Lipinski definition) is 0. The van der Waals surface area contributed by atoms with Crippen LogP contribution < -0.4 is 9.47 Å². The number of aromatic nitrogens is 3. The van der Waals surface area contributed by atoms with E-state index in [-0.39, 0.29) is 36.1 Å². The van der Waals surface area contributed by atoms with Gasteiger partial charge in [-0.05, 0) is 63.3 Å². The Morgan fingerprint density at radius 3 is 2.30 bits per heavy atom.